The fourth-order valence-corrected chi connectivity index (χ4v) is 5.89. The molecule has 2 bridgehead atoms. The van der Waals surface area contributed by atoms with E-state index in [9.17, 15) is 14.4 Å². The number of nitrogens with two attached hydrogens (primary N) is 1. The van der Waals surface area contributed by atoms with Crippen molar-refractivity contribution in [2.75, 3.05) is 23.3 Å². The van der Waals surface area contributed by atoms with Gasteiger partial charge >= 0.3 is 0 Å². The number of hydrogen-bond donors (Lipinski definition) is 4. The van der Waals surface area contributed by atoms with Crippen LogP contribution in [0.25, 0.3) is 0 Å². The molecule has 3 aliphatic heterocycles. The number of Topliss-reactive ketones (excluding diaryl/α,β-unsaturated/α-hetero) is 1. The largest absolute Gasteiger partial charge is 0.382 e. The van der Waals surface area contributed by atoms with Gasteiger partial charge in [0.2, 0.25) is 0 Å². The number of piperidine rings is 2. The van der Waals surface area contributed by atoms with E-state index in [0.717, 1.165) is 57.4 Å². The number of fused-ring (bicyclic) bond motifs is 2. The molecule has 3 saturated heterocycles. The molecule has 0 spiro atoms. The summed E-state index contributed by atoms with van der Waals surface area (Å²) in [5, 5.41) is 9.99. The number of amides is 2. The lowest BCUT2D eigenvalue weighted by molar-refractivity contribution is 0.0924. The Balaban J connectivity index is 1.26. The highest BCUT2D eigenvalue weighted by molar-refractivity contribution is 6.02. The van der Waals surface area contributed by atoms with Gasteiger partial charge < -0.3 is 26.6 Å². The van der Waals surface area contributed by atoms with Crippen LogP contribution in [0, 0.1) is 0 Å². The van der Waals surface area contributed by atoms with Gasteiger partial charge in [-0.1, -0.05) is 0 Å². The molecule has 0 aliphatic carbocycles. The van der Waals surface area contributed by atoms with Crippen molar-refractivity contribution >= 4 is 29.1 Å². The zero-order chi connectivity index (χ0) is 25.2. The van der Waals surface area contributed by atoms with E-state index >= 15 is 0 Å². The number of nitrogens with zero attached hydrogens (tertiary/aromatic N) is 2. The number of hydrogen-bond acceptors (Lipinski definition) is 7. The fraction of sp³-hybridized carbons (Fsp3) is 0.481. The van der Waals surface area contributed by atoms with Crippen LogP contribution in [0.15, 0.2) is 36.5 Å². The van der Waals surface area contributed by atoms with Crippen molar-refractivity contribution in [2.24, 2.45) is 5.73 Å². The zero-order valence-electron chi connectivity index (χ0n) is 20.6. The summed E-state index contributed by atoms with van der Waals surface area (Å²) in [6.45, 7) is 3.38. The van der Waals surface area contributed by atoms with Crippen molar-refractivity contribution in [2.45, 2.75) is 69.6 Å². The number of carbonyl (C=O) groups excluding carboxylic acids is 3. The second kappa shape index (κ2) is 10.3. The molecule has 0 radical (unpaired) electrons. The molecule has 9 heteroatoms. The molecule has 3 aliphatic rings. The maximum atomic E-state index is 13.2. The molecule has 2 amide bonds. The van der Waals surface area contributed by atoms with E-state index in [1.807, 2.05) is 12.1 Å². The Morgan fingerprint density at radius 1 is 0.972 bits per heavy atom. The minimum Gasteiger partial charge on any atom is -0.382 e. The van der Waals surface area contributed by atoms with E-state index in [1.165, 1.54) is 0 Å². The van der Waals surface area contributed by atoms with E-state index < -0.39 is 5.91 Å². The number of benzene rings is 1. The first kappa shape index (κ1) is 24.2. The summed E-state index contributed by atoms with van der Waals surface area (Å²) >= 11 is 0. The molecule has 0 saturated carbocycles. The third kappa shape index (κ3) is 5.06. The van der Waals surface area contributed by atoms with Crippen molar-refractivity contribution in [3.8, 4) is 0 Å². The average Bonchev–Trinajstić information content (AvgIpc) is 3.14. The molecule has 2 aromatic rings. The number of pyridine rings is 1. The van der Waals surface area contributed by atoms with Crippen LogP contribution < -0.4 is 26.6 Å². The van der Waals surface area contributed by atoms with Crippen LogP contribution in [0.3, 0.4) is 0 Å². The monoisotopic (exact) mass is 490 g/mol. The van der Waals surface area contributed by atoms with Gasteiger partial charge in [0.15, 0.2) is 5.78 Å². The topological polar surface area (TPSA) is 129 Å². The first-order valence-corrected chi connectivity index (χ1v) is 12.9. The van der Waals surface area contributed by atoms with Crippen molar-refractivity contribution in [1.29, 1.82) is 0 Å². The Labute approximate surface area is 211 Å². The molecule has 5 N–H and O–H groups in total. The Morgan fingerprint density at radius 3 is 2.28 bits per heavy atom. The minimum absolute atomic E-state index is 0.0106. The van der Waals surface area contributed by atoms with Gasteiger partial charge in [-0.2, -0.15) is 0 Å². The summed E-state index contributed by atoms with van der Waals surface area (Å²) in [7, 11) is 0. The second-order valence-corrected chi connectivity index (χ2v) is 10.2. The lowest BCUT2D eigenvalue weighted by atomic mass is 9.96. The smallest absolute Gasteiger partial charge is 0.251 e. The van der Waals surface area contributed by atoms with Crippen LogP contribution in [-0.4, -0.2) is 59.8 Å². The number of rotatable bonds is 7. The zero-order valence-corrected chi connectivity index (χ0v) is 20.6. The van der Waals surface area contributed by atoms with Crippen LogP contribution >= 0.6 is 0 Å². The first-order valence-electron chi connectivity index (χ1n) is 12.9. The molecule has 190 valence electrons. The molecule has 1 unspecified atom stereocenters. The standard InChI is InChI=1S/C27H34N6O3/c1-16(34)18-3-7-25(30-15-18)33-21-4-5-22(33)14-20(13-21)32-27(36)17-2-6-23(26(28)35)24(12-17)31-19-8-10-29-11-9-19/h2-3,6-7,12,15,19-22,29,31H,4-5,8-11,13-14H2,1H3,(H2,28,35)(H,32,36)/t20?,21-,22+. The average molecular weight is 491 g/mol. The van der Waals surface area contributed by atoms with Crippen LogP contribution in [0.5, 0.6) is 0 Å². The molecule has 3 atom stereocenters. The quantitative estimate of drug-likeness (QED) is 0.439. The van der Waals surface area contributed by atoms with Crippen LogP contribution in [0.4, 0.5) is 11.5 Å². The van der Waals surface area contributed by atoms with E-state index in [2.05, 4.69) is 25.8 Å². The lowest BCUT2D eigenvalue weighted by Crippen LogP contribution is -2.50. The van der Waals surface area contributed by atoms with Gasteiger partial charge in [0, 0.05) is 47.2 Å². The third-order valence-electron chi connectivity index (χ3n) is 7.73. The predicted octanol–water partition coefficient (Wildman–Crippen LogP) is 2.48. The van der Waals surface area contributed by atoms with E-state index in [1.54, 1.807) is 31.3 Å². The Hall–Kier alpha value is -3.46. The number of nitrogens with one attached hydrogen (secondary N) is 3. The molecule has 1 aromatic carbocycles. The molecule has 36 heavy (non-hydrogen) atoms. The number of ketones is 1. The van der Waals surface area contributed by atoms with Gasteiger partial charge in [-0.25, -0.2) is 4.98 Å². The maximum Gasteiger partial charge on any atom is 0.251 e. The summed E-state index contributed by atoms with van der Waals surface area (Å²) < 4.78 is 0. The summed E-state index contributed by atoms with van der Waals surface area (Å²) in [4.78, 5) is 43.7. The predicted molar refractivity (Wildman–Crippen MR) is 138 cm³/mol. The highest BCUT2D eigenvalue weighted by atomic mass is 16.2. The normalized spacial score (nSPS) is 23.8. The Bertz CT molecular complexity index is 1130. The van der Waals surface area contributed by atoms with E-state index in [0.29, 0.717) is 34.5 Å². The molecular weight excluding hydrogens is 456 g/mol. The van der Waals surface area contributed by atoms with Crippen LogP contribution in [-0.2, 0) is 0 Å². The van der Waals surface area contributed by atoms with Crippen molar-refractivity contribution in [3.63, 3.8) is 0 Å². The second-order valence-electron chi connectivity index (χ2n) is 10.2. The third-order valence-corrected chi connectivity index (χ3v) is 7.73. The van der Waals surface area contributed by atoms with Gasteiger partial charge in [0.1, 0.15) is 5.82 Å². The summed E-state index contributed by atoms with van der Waals surface area (Å²) in [5.41, 5.74) is 7.76. The van der Waals surface area contributed by atoms with Gasteiger partial charge in [0.25, 0.3) is 11.8 Å². The molecular formula is C27H34N6O3. The summed E-state index contributed by atoms with van der Waals surface area (Å²) in [6.07, 6.45) is 7.35. The Kier molecular flexibility index (Phi) is 6.91. The lowest BCUT2D eigenvalue weighted by Gasteiger charge is -2.40. The Morgan fingerprint density at radius 2 is 1.67 bits per heavy atom. The minimum atomic E-state index is -0.507. The highest BCUT2D eigenvalue weighted by Crippen LogP contribution is 2.38. The maximum absolute atomic E-state index is 13.2. The molecule has 5 rings (SSSR count). The van der Waals surface area contributed by atoms with Gasteiger partial charge in [-0.05, 0) is 88.9 Å². The number of aromatic nitrogens is 1. The van der Waals surface area contributed by atoms with Crippen molar-refractivity contribution < 1.29 is 14.4 Å². The summed E-state index contributed by atoms with van der Waals surface area (Å²) in [5.74, 6) is 0.262. The molecule has 9 nitrogen and oxygen atoms in total. The summed E-state index contributed by atoms with van der Waals surface area (Å²) in [6, 6.07) is 9.75. The van der Waals surface area contributed by atoms with Gasteiger partial charge in [-0.3, -0.25) is 14.4 Å². The number of carbonyl (C=O) groups is 3. The molecule has 3 fully saturated rings. The van der Waals surface area contributed by atoms with Crippen molar-refractivity contribution in [3.05, 3.63) is 53.2 Å². The highest BCUT2D eigenvalue weighted by Gasteiger charge is 2.41. The van der Waals surface area contributed by atoms with Crippen LogP contribution in [0.2, 0.25) is 0 Å². The van der Waals surface area contributed by atoms with E-state index in [4.69, 9.17) is 5.73 Å². The number of primary amides is 1. The first-order chi connectivity index (χ1) is 17.4. The molecule has 4 heterocycles. The SMILES string of the molecule is CC(=O)c1ccc(N2[C@@H]3CC[C@H]2CC(NC(=O)c2ccc(C(N)=O)c(NC4CCNCC4)c2)C3)nc1. The van der Waals surface area contributed by atoms with Gasteiger partial charge in [-0.15, -0.1) is 0 Å². The number of anilines is 2. The fourth-order valence-electron chi connectivity index (χ4n) is 5.89. The molecule has 1 aromatic heterocycles. The van der Waals surface area contributed by atoms with Crippen LogP contribution in [0.1, 0.15) is 76.5 Å². The van der Waals surface area contributed by atoms with Crippen molar-refractivity contribution in [1.82, 2.24) is 15.6 Å². The van der Waals surface area contributed by atoms with Gasteiger partial charge in [0.05, 0.1) is 5.56 Å². The van der Waals surface area contributed by atoms with E-state index in [-0.39, 0.29) is 23.8 Å².